The van der Waals surface area contributed by atoms with Crippen molar-refractivity contribution in [3.8, 4) is 0 Å². The molecule has 0 radical (unpaired) electrons. The Hall–Kier alpha value is -1.95. The molecule has 2 heterocycles. The number of para-hydroxylation sites is 1. The van der Waals surface area contributed by atoms with Gasteiger partial charge in [0.1, 0.15) is 12.2 Å². The van der Waals surface area contributed by atoms with Crippen LogP contribution in [-0.2, 0) is 6.67 Å². The molecule has 0 aliphatic carbocycles. The molecule has 0 saturated carbocycles. The quantitative estimate of drug-likeness (QED) is 0.727. The average Bonchev–Trinajstić information content (AvgIpc) is 2.79. The summed E-state index contributed by atoms with van der Waals surface area (Å²) in [6.45, 7) is 2.29. The molecule has 19 heavy (non-hydrogen) atoms. The highest BCUT2D eigenvalue weighted by molar-refractivity contribution is 9.10. The van der Waals surface area contributed by atoms with E-state index in [1.54, 1.807) is 15.3 Å². The summed E-state index contributed by atoms with van der Waals surface area (Å²) in [5.74, 6) is 0. The lowest BCUT2D eigenvalue weighted by Crippen LogP contribution is -2.24. The van der Waals surface area contributed by atoms with E-state index in [-0.39, 0.29) is 5.56 Å². The molecule has 96 valence electrons. The lowest BCUT2D eigenvalue weighted by molar-refractivity contribution is 0.529. The lowest BCUT2D eigenvalue weighted by atomic mass is 10.3. The smallest absolute Gasteiger partial charge is 0.266 e. The van der Waals surface area contributed by atoms with E-state index in [0.29, 0.717) is 11.1 Å². The Labute approximate surface area is 117 Å². The van der Waals surface area contributed by atoms with Crippen molar-refractivity contribution in [3.63, 3.8) is 0 Å². The van der Waals surface area contributed by atoms with Crippen LogP contribution >= 0.6 is 15.9 Å². The second-order valence-electron chi connectivity index (χ2n) is 4.36. The minimum atomic E-state index is -0.0785. The van der Waals surface area contributed by atoms with E-state index in [9.17, 15) is 4.79 Å². The van der Waals surface area contributed by atoms with Gasteiger partial charge >= 0.3 is 0 Å². The largest absolute Gasteiger partial charge is 0.294 e. The molecular formula is C13H11BrN4O. The molecule has 0 N–H and O–H groups in total. The van der Waals surface area contributed by atoms with Gasteiger partial charge in [0.15, 0.2) is 0 Å². The number of aryl methyl sites for hydroxylation is 1. The minimum absolute atomic E-state index is 0.0785. The van der Waals surface area contributed by atoms with E-state index >= 15 is 0 Å². The van der Waals surface area contributed by atoms with E-state index in [4.69, 9.17) is 0 Å². The maximum absolute atomic E-state index is 12.0. The van der Waals surface area contributed by atoms with Gasteiger partial charge in [-0.2, -0.15) is 0 Å². The van der Waals surface area contributed by atoms with Gasteiger partial charge in [-0.3, -0.25) is 9.36 Å². The summed E-state index contributed by atoms with van der Waals surface area (Å²) in [6, 6.07) is 9.48. The number of nitrogens with zero attached hydrogens (tertiary/aromatic N) is 4. The summed E-state index contributed by atoms with van der Waals surface area (Å²) in [6.07, 6.45) is 1.81. The van der Waals surface area contributed by atoms with E-state index in [0.717, 1.165) is 16.6 Å². The Morgan fingerprint density at radius 1 is 1.32 bits per heavy atom. The minimum Gasteiger partial charge on any atom is -0.294 e. The zero-order valence-electron chi connectivity index (χ0n) is 10.2. The van der Waals surface area contributed by atoms with Crippen LogP contribution in [0.1, 0.15) is 5.56 Å². The second kappa shape index (κ2) is 4.62. The number of hydrogen-bond donors (Lipinski definition) is 0. The molecule has 1 aromatic carbocycles. The van der Waals surface area contributed by atoms with Crippen LogP contribution in [0.3, 0.4) is 0 Å². The molecule has 3 aromatic rings. The first-order valence-corrected chi connectivity index (χ1v) is 6.59. The summed E-state index contributed by atoms with van der Waals surface area (Å²) >= 11 is 3.27. The molecule has 5 nitrogen and oxygen atoms in total. The third kappa shape index (κ3) is 2.19. The van der Waals surface area contributed by atoms with Gasteiger partial charge in [-0.1, -0.05) is 17.3 Å². The molecule has 2 aromatic heterocycles. The highest BCUT2D eigenvalue weighted by Crippen LogP contribution is 2.10. The van der Waals surface area contributed by atoms with Crippen molar-refractivity contribution in [2.24, 2.45) is 0 Å². The monoisotopic (exact) mass is 318 g/mol. The first-order chi connectivity index (χ1) is 9.15. The number of pyridine rings is 1. The van der Waals surface area contributed by atoms with Gasteiger partial charge in [0.05, 0.1) is 9.99 Å². The Morgan fingerprint density at radius 3 is 2.95 bits per heavy atom. The van der Waals surface area contributed by atoms with Crippen LogP contribution in [0.4, 0.5) is 0 Å². The molecule has 0 atom stereocenters. The van der Waals surface area contributed by atoms with Gasteiger partial charge in [-0.15, -0.1) is 5.10 Å². The number of hydrogen-bond acceptors (Lipinski definition) is 3. The van der Waals surface area contributed by atoms with Crippen molar-refractivity contribution in [1.82, 2.24) is 19.6 Å². The van der Waals surface area contributed by atoms with Gasteiger partial charge in [0.2, 0.25) is 0 Å². The number of aromatic nitrogens is 4. The Bertz CT molecular complexity index is 806. The summed E-state index contributed by atoms with van der Waals surface area (Å²) in [5.41, 5.74) is 2.66. The molecule has 0 unspecified atom stereocenters. The average molecular weight is 319 g/mol. The van der Waals surface area contributed by atoms with Crippen molar-refractivity contribution in [1.29, 1.82) is 0 Å². The third-order valence-electron chi connectivity index (χ3n) is 2.89. The molecule has 0 aliphatic heterocycles. The zero-order valence-corrected chi connectivity index (χ0v) is 11.8. The van der Waals surface area contributed by atoms with Gasteiger partial charge in [0.25, 0.3) is 5.56 Å². The van der Waals surface area contributed by atoms with Gasteiger partial charge in [-0.25, -0.2) is 4.68 Å². The predicted molar refractivity (Wildman–Crippen MR) is 76.1 cm³/mol. The van der Waals surface area contributed by atoms with Crippen LogP contribution in [0.15, 0.2) is 45.8 Å². The van der Waals surface area contributed by atoms with Crippen LogP contribution in [-0.4, -0.2) is 19.6 Å². The van der Waals surface area contributed by atoms with Crippen molar-refractivity contribution in [2.75, 3.05) is 0 Å². The maximum atomic E-state index is 12.0. The Balaban J connectivity index is 2.09. The summed E-state index contributed by atoms with van der Waals surface area (Å²) < 4.78 is 3.88. The standard InChI is InChI=1S/C13H11BrN4O/c1-9-6-10(14)13(19)17(7-9)8-18-12-5-3-2-4-11(12)15-16-18/h2-7H,8H2,1H3. The van der Waals surface area contributed by atoms with E-state index in [1.165, 1.54) is 0 Å². The van der Waals surface area contributed by atoms with Crippen molar-refractivity contribution in [3.05, 3.63) is 56.9 Å². The topological polar surface area (TPSA) is 52.7 Å². The third-order valence-corrected chi connectivity index (χ3v) is 3.45. The number of halogens is 1. The summed E-state index contributed by atoms with van der Waals surface area (Å²) in [7, 11) is 0. The van der Waals surface area contributed by atoms with Crippen molar-refractivity contribution in [2.45, 2.75) is 13.6 Å². The first-order valence-electron chi connectivity index (χ1n) is 5.80. The van der Waals surface area contributed by atoms with Crippen LogP contribution in [0.5, 0.6) is 0 Å². The van der Waals surface area contributed by atoms with Crippen LogP contribution in [0.2, 0.25) is 0 Å². The van der Waals surface area contributed by atoms with Crippen molar-refractivity contribution < 1.29 is 0 Å². The Kier molecular flexibility index (Phi) is 2.94. The molecule has 0 aliphatic rings. The van der Waals surface area contributed by atoms with E-state index in [1.807, 2.05) is 37.4 Å². The summed E-state index contributed by atoms with van der Waals surface area (Å²) in [4.78, 5) is 12.0. The SMILES string of the molecule is Cc1cc(Br)c(=O)n(Cn2nnc3ccccc32)c1. The van der Waals surface area contributed by atoms with Gasteiger partial charge in [0, 0.05) is 6.20 Å². The molecule has 0 saturated heterocycles. The van der Waals surface area contributed by atoms with Crippen LogP contribution in [0, 0.1) is 6.92 Å². The second-order valence-corrected chi connectivity index (χ2v) is 5.21. The normalized spacial score (nSPS) is 11.1. The fourth-order valence-corrected chi connectivity index (χ4v) is 2.60. The number of rotatable bonds is 2. The predicted octanol–water partition coefficient (Wildman–Crippen LogP) is 2.17. The molecule has 6 heteroatoms. The highest BCUT2D eigenvalue weighted by atomic mass is 79.9. The molecule has 0 fully saturated rings. The maximum Gasteiger partial charge on any atom is 0.266 e. The van der Waals surface area contributed by atoms with Gasteiger partial charge in [-0.05, 0) is 46.6 Å². The molecular weight excluding hydrogens is 308 g/mol. The van der Waals surface area contributed by atoms with Crippen LogP contribution in [0.25, 0.3) is 11.0 Å². The lowest BCUT2D eigenvalue weighted by Gasteiger charge is -2.08. The molecule has 3 rings (SSSR count). The Morgan fingerprint density at radius 2 is 2.11 bits per heavy atom. The van der Waals surface area contributed by atoms with E-state index in [2.05, 4.69) is 26.2 Å². The number of benzene rings is 1. The highest BCUT2D eigenvalue weighted by Gasteiger charge is 2.07. The van der Waals surface area contributed by atoms with Gasteiger partial charge < -0.3 is 0 Å². The fraction of sp³-hybridized carbons (Fsp3) is 0.154. The van der Waals surface area contributed by atoms with E-state index < -0.39 is 0 Å². The number of fused-ring (bicyclic) bond motifs is 1. The van der Waals surface area contributed by atoms with Crippen LogP contribution < -0.4 is 5.56 Å². The molecule has 0 amide bonds. The molecule has 0 bridgehead atoms. The molecule has 0 spiro atoms. The zero-order chi connectivity index (χ0) is 13.4. The fourth-order valence-electron chi connectivity index (χ4n) is 2.01. The summed E-state index contributed by atoms with van der Waals surface area (Å²) in [5, 5.41) is 8.16. The van der Waals surface area contributed by atoms with Crippen molar-refractivity contribution >= 4 is 27.0 Å². The first kappa shape index (κ1) is 12.1.